The molecule has 3 aromatic rings. The third-order valence-corrected chi connectivity index (χ3v) is 3.75. The van der Waals surface area contributed by atoms with E-state index in [4.69, 9.17) is 11.6 Å². The first kappa shape index (κ1) is 13.7. The fourth-order valence-corrected chi connectivity index (χ4v) is 2.56. The lowest BCUT2D eigenvalue weighted by molar-refractivity contribution is 1.32. The van der Waals surface area contributed by atoms with Crippen molar-refractivity contribution in [3.8, 4) is 22.4 Å². The van der Waals surface area contributed by atoms with E-state index in [1.54, 1.807) is 0 Å². The van der Waals surface area contributed by atoms with Crippen molar-refractivity contribution in [2.75, 3.05) is 12.4 Å². The molecule has 0 amide bonds. The third-order valence-electron chi connectivity index (χ3n) is 3.42. The Labute approximate surface area is 129 Å². The number of halogens is 1. The Morgan fingerprint density at radius 3 is 2.29 bits per heavy atom. The van der Waals surface area contributed by atoms with Crippen molar-refractivity contribution in [3.63, 3.8) is 0 Å². The van der Waals surface area contributed by atoms with Crippen LogP contribution in [0.25, 0.3) is 22.4 Å². The van der Waals surface area contributed by atoms with Gasteiger partial charge in [0.15, 0.2) is 0 Å². The first-order valence-corrected chi connectivity index (χ1v) is 7.15. The van der Waals surface area contributed by atoms with Crippen LogP contribution in [0.5, 0.6) is 0 Å². The maximum absolute atomic E-state index is 6.33. The molecule has 2 nitrogen and oxygen atoms in total. The van der Waals surface area contributed by atoms with Gasteiger partial charge in [0.05, 0.1) is 5.69 Å². The molecule has 0 aliphatic rings. The number of pyridine rings is 1. The van der Waals surface area contributed by atoms with Crippen molar-refractivity contribution in [1.29, 1.82) is 0 Å². The van der Waals surface area contributed by atoms with Crippen molar-refractivity contribution in [1.82, 2.24) is 4.98 Å². The molecule has 0 bridgehead atoms. The molecule has 3 rings (SSSR count). The van der Waals surface area contributed by atoms with E-state index in [0.29, 0.717) is 0 Å². The fourth-order valence-electron chi connectivity index (χ4n) is 2.33. The number of benzene rings is 2. The molecule has 3 heteroatoms. The predicted octanol–water partition coefficient (Wildman–Crippen LogP) is 5.11. The van der Waals surface area contributed by atoms with Crippen molar-refractivity contribution in [3.05, 3.63) is 71.9 Å². The second-order valence-electron chi connectivity index (χ2n) is 4.71. The van der Waals surface area contributed by atoms with E-state index in [-0.39, 0.29) is 0 Å². The molecule has 104 valence electrons. The van der Waals surface area contributed by atoms with Gasteiger partial charge in [0.2, 0.25) is 0 Å². The summed E-state index contributed by atoms with van der Waals surface area (Å²) in [5.74, 6) is 0. The standard InChI is InChI=1S/C18H15ClN2/c1-20-14-10-8-13(9-11-14)18-16(6-4-12-21-18)15-5-2-3-7-17(15)19/h2-12,20H,1H3. The molecule has 0 atom stereocenters. The van der Waals surface area contributed by atoms with Gasteiger partial charge >= 0.3 is 0 Å². The zero-order valence-corrected chi connectivity index (χ0v) is 12.4. The fraction of sp³-hybridized carbons (Fsp3) is 0.0556. The number of hydrogen-bond donors (Lipinski definition) is 1. The average molecular weight is 295 g/mol. The minimum absolute atomic E-state index is 0.735. The Morgan fingerprint density at radius 1 is 0.857 bits per heavy atom. The summed E-state index contributed by atoms with van der Waals surface area (Å²) < 4.78 is 0. The summed E-state index contributed by atoms with van der Waals surface area (Å²) in [6.07, 6.45) is 1.81. The van der Waals surface area contributed by atoms with E-state index < -0.39 is 0 Å². The van der Waals surface area contributed by atoms with Gasteiger partial charge in [-0.1, -0.05) is 48.0 Å². The molecule has 21 heavy (non-hydrogen) atoms. The minimum Gasteiger partial charge on any atom is -0.388 e. The summed E-state index contributed by atoms with van der Waals surface area (Å²) in [4.78, 5) is 4.54. The van der Waals surface area contributed by atoms with Crippen LogP contribution in [0.2, 0.25) is 5.02 Å². The largest absolute Gasteiger partial charge is 0.388 e. The average Bonchev–Trinajstić information content (AvgIpc) is 2.55. The molecule has 1 N–H and O–H groups in total. The number of hydrogen-bond acceptors (Lipinski definition) is 2. The first-order chi connectivity index (χ1) is 10.3. The Bertz CT molecular complexity index is 751. The van der Waals surface area contributed by atoms with E-state index >= 15 is 0 Å². The third kappa shape index (κ3) is 2.76. The first-order valence-electron chi connectivity index (χ1n) is 6.77. The van der Waals surface area contributed by atoms with Crippen molar-refractivity contribution in [2.24, 2.45) is 0 Å². The summed E-state index contributed by atoms with van der Waals surface area (Å²) in [5, 5.41) is 3.85. The molecule has 2 aromatic carbocycles. The lowest BCUT2D eigenvalue weighted by Crippen LogP contribution is -1.91. The molecular formula is C18H15ClN2. The van der Waals surface area contributed by atoms with Gasteiger partial charge in [0.1, 0.15) is 0 Å². The van der Waals surface area contributed by atoms with Gasteiger partial charge < -0.3 is 5.32 Å². The Balaban J connectivity index is 2.13. The van der Waals surface area contributed by atoms with E-state index in [9.17, 15) is 0 Å². The molecule has 0 radical (unpaired) electrons. The maximum atomic E-state index is 6.33. The number of nitrogens with zero attached hydrogens (tertiary/aromatic N) is 1. The van der Waals surface area contributed by atoms with Crippen LogP contribution >= 0.6 is 11.6 Å². The summed E-state index contributed by atoms with van der Waals surface area (Å²) >= 11 is 6.33. The molecule has 1 aromatic heterocycles. The molecule has 0 aliphatic heterocycles. The molecule has 0 saturated heterocycles. The summed E-state index contributed by atoms with van der Waals surface area (Å²) in [7, 11) is 1.91. The topological polar surface area (TPSA) is 24.9 Å². The number of nitrogens with one attached hydrogen (secondary N) is 1. The summed E-state index contributed by atoms with van der Waals surface area (Å²) in [5.41, 5.74) is 5.13. The van der Waals surface area contributed by atoms with Gasteiger partial charge in [-0.25, -0.2) is 0 Å². The van der Waals surface area contributed by atoms with Crippen LogP contribution in [-0.2, 0) is 0 Å². The maximum Gasteiger partial charge on any atom is 0.0780 e. The molecular weight excluding hydrogens is 280 g/mol. The van der Waals surface area contributed by atoms with Crippen LogP contribution in [-0.4, -0.2) is 12.0 Å². The summed E-state index contributed by atoms with van der Waals surface area (Å²) in [6, 6.07) is 20.0. The number of anilines is 1. The highest BCUT2D eigenvalue weighted by atomic mass is 35.5. The minimum atomic E-state index is 0.735. The Hall–Kier alpha value is -2.32. The predicted molar refractivity (Wildman–Crippen MR) is 89.7 cm³/mol. The highest BCUT2D eigenvalue weighted by Gasteiger charge is 2.10. The van der Waals surface area contributed by atoms with Crippen LogP contribution in [0.15, 0.2) is 66.9 Å². The van der Waals surface area contributed by atoms with Crippen LogP contribution in [0.1, 0.15) is 0 Å². The van der Waals surface area contributed by atoms with E-state index in [0.717, 1.165) is 33.1 Å². The van der Waals surface area contributed by atoms with E-state index in [1.165, 1.54) is 0 Å². The molecule has 0 unspecified atom stereocenters. The van der Waals surface area contributed by atoms with Gasteiger partial charge in [-0.3, -0.25) is 4.98 Å². The second kappa shape index (κ2) is 5.98. The van der Waals surface area contributed by atoms with Crippen LogP contribution in [0.3, 0.4) is 0 Å². The van der Waals surface area contributed by atoms with Gasteiger partial charge in [-0.05, 0) is 24.3 Å². The lowest BCUT2D eigenvalue weighted by Gasteiger charge is -2.11. The Morgan fingerprint density at radius 2 is 1.57 bits per heavy atom. The van der Waals surface area contributed by atoms with Gasteiger partial charge in [0, 0.05) is 40.6 Å². The van der Waals surface area contributed by atoms with Crippen molar-refractivity contribution >= 4 is 17.3 Å². The highest BCUT2D eigenvalue weighted by molar-refractivity contribution is 6.33. The zero-order chi connectivity index (χ0) is 14.7. The SMILES string of the molecule is CNc1ccc(-c2ncccc2-c2ccccc2Cl)cc1. The van der Waals surface area contributed by atoms with Gasteiger partial charge in [-0.15, -0.1) is 0 Å². The van der Waals surface area contributed by atoms with Crippen molar-refractivity contribution < 1.29 is 0 Å². The number of rotatable bonds is 3. The van der Waals surface area contributed by atoms with E-state index in [1.807, 2.05) is 55.7 Å². The smallest absolute Gasteiger partial charge is 0.0780 e. The van der Waals surface area contributed by atoms with Crippen LogP contribution < -0.4 is 5.32 Å². The molecule has 0 saturated carbocycles. The molecule has 1 heterocycles. The molecule has 0 spiro atoms. The lowest BCUT2D eigenvalue weighted by atomic mass is 9.99. The summed E-state index contributed by atoms with van der Waals surface area (Å²) in [6.45, 7) is 0. The zero-order valence-electron chi connectivity index (χ0n) is 11.7. The van der Waals surface area contributed by atoms with Gasteiger partial charge in [0.25, 0.3) is 0 Å². The number of aromatic nitrogens is 1. The van der Waals surface area contributed by atoms with Crippen LogP contribution in [0.4, 0.5) is 5.69 Å². The highest BCUT2D eigenvalue weighted by Crippen LogP contribution is 2.34. The monoisotopic (exact) mass is 294 g/mol. The van der Waals surface area contributed by atoms with Crippen LogP contribution in [0, 0.1) is 0 Å². The second-order valence-corrected chi connectivity index (χ2v) is 5.11. The normalized spacial score (nSPS) is 10.4. The van der Waals surface area contributed by atoms with Crippen molar-refractivity contribution in [2.45, 2.75) is 0 Å². The molecule has 0 fully saturated rings. The van der Waals surface area contributed by atoms with E-state index in [2.05, 4.69) is 28.5 Å². The quantitative estimate of drug-likeness (QED) is 0.726. The Kier molecular flexibility index (Phi) is 3.89. The van der Waals surface area contributed by atoms with Gasteiger partial charge in [-0.2, -0.15) is 0 Å². The molecule has 0 aliphatic carbocycles.